The number of hydrogen-bond acceptors (Lipinski definition) is 4. The highest BCUT2D eigenvalue weighted by Gasteiger charge is 2.53. The number of methoxy groups -OCH3 is 1. The van der Waals surface area contributed by atoms with Gasteiger partial charge < -0.3 is 18.9 Å². The Morgan fingerprint density at radius 3 is 2.64 bits per heavy atom. The summed E-state index contributed by atoms with van der Waals surface area (Å²) in [6, 6.07) is 3.33. The molecule has 0 aromatic carbocycles. The van der Waals surface area contributed by atoms with Crippen molar-refractivity contribution in [3.63, 3.8) is 0 Å². The van der Waals surface area contributed by atoms with Gasteiger partial charge in [-0.05, 0) is 25.0 Å². The molecule has 6 nitrogen and oxygen atoms in total. The van der Waals surface area contributed by atoms with E-state index < -0.39 is 0 Å². The van der Waals surface area contributed by atoms with E-state index >= 15 is 0 Å². The SMILES string of the molecule is COc1cccn(CC(=O)N2C[C@@H]3[C@H](C2)[C@H]2CC[C@@H]3O2)c1=O. The fourth-order valence-electron chi connectivity index (χ4n) is 4.20. The minimum absolute atomic E-state index is 0.00385. The van der Waals surface area contributed by atoms with Crippen LogP contribution in [0, 0.1) is 11.8 Å². The largest absolute Gasteiger partial charge is 0.491 e. The number of nitrogens with zero attached hydrogens (tertiary/aromatic N) is 2. The molecule has 22 heavy (non-hydrogen) atoms. The van der Waals surface area contributed by atoms with Crippen LogP contribution in [0.4, 0.5) is 0 Å². The summed E-state index contributed by atoms with van der Waals surface area (Å²) >= 11 is 0. The lowest BCUT2D eigenvalue weighted by Gasteiger charge is -2.19. The molecule has 3 saturated heterocycles. The van der Waals surface area contributed by atoms with Gasteiger partial charge in [0.25, 0.3) is 5.56 Å². The number of carbonyl (C=O) groups is 1. The maximum absolute atomic E-state index is 12.5. The molecule has 118 valence electrons. The lowest BCUT2D eigenvalue weighted by Crippen LogP contribution is -2.36. The predicted molar refractivity (Wildman–Crippen MR) is 78.7 cm³/mol. The minimum atomic E-state index is -0.263. The van der Waals surface area contributed by atoms with Crippen LogP contribution in [0.2, 0.25) is 0 Å². The number of aromatic nitrogens is 1. The van der Waals surface area contributed by atoms with E-state index in [9.17, 15) is 9.59 Å². The quantitative estimate of drug-likeness (QED) is 0.815. The van der Waals surface area contributed by atoms with Gasteiger partial charge in [0.1, 0.15) is 6.54 Å². The average molecular weight is 304 g/mol. The van der Waals surface area contributed by atoms with Crippen LogP contribution < -0.4 is 10.3 Å². The molecule has 0 aliphatic carbocycles. The zero-order chi connectivity index (χ0) is 15.3. The van der Waals surface area contributed by atoms with Crippen molar-refractivity contribution in [3.05, 3.63) is 28.7 Å². The van der Waals surface area contributed by atoms with E-state index in [1.165, 1.54) is 11.7 Å². The topological polar surface area (TPSA) is 60.8 Å². The van der Waals surface area contributed by atoms with Crippen molar-refractivity contribution in [1.29, 1.82) is 0 Å². The lowest BCUT2D eigenvalue weighted by molar-refractivity contribution is -0.131. The predicted octanol–water partition coefficient (Wildman–Crippen LogP) is 0.493. The third-order valence-corrected chi connectivity index (χ3v) is 5.32. The summed E-state index contributed by atoms with van der Waals surface area (Å²) in [6.45, 7) is 1.61. The van der Waals surface area contributed by atoms with Crippen molar-refractivity contribution in [2.75, 3.05) is 20.2 Å². The Kier molecular flexibility index (Phi) is 3.22. The molecule has 0 radical (unpaired) electrons. The van der Waals surface area contributed by atoms with E-state index in [1.807, 2.05) is 4.90 Å². The molecule has 3 aliphatic heterocycles. The van der Waals surface area contributed by atoms with E-state index in [1.54, 1.807) is 18.3 Å². The van der Waals surface area contributed by atoms with Crippen LogP contribution >= 0.6 is 0 Å². The molecule has 0 saturated carbocycles. The molecule has 6 heteroatoms. The number of pyridine rings is 1. The second-order valence-corrected chi connectivity index (χ2v) is 6.43. The molecule has 4 rings (SSSR count). The standard InChI is InChI=1S/C16H20N2O4/c1-21-14-3-2-6-17(16(14)20)9-15(19)18-7-10-11(8-18)13-5-4-12(10)22-13/h2-3,6,10-13H,4-5,7-9H2,1H3/t10-,11+,12+,13-. The van der Waals surface area contributed by atoms with Gasteiger partial charge in [-0.15, -0.1) is 0 Å². The van der Waals surface area contributed by atoms with E-state index in [4.69, 9.17) is 9.47 Å². The molecule has 1 aromatic rings. The van der Waals surface area contributed by atoms with Gasteiger partial charge in [-0.3, -0.25) is 9.59 Å². The van der Waals surface area contributed by atoms with Crippen molar-refractivity contribution in [2.45, 2.75) is 31.6 Å². The Labute approximate surface area is 128 Å². The summed E-state index contributed by atoms with van der Waals surface area (Å²) in [7, 11) is 1.46. The first-order valence-corrected chi connectivity index (χ1v) is 7.84. The van der Waals surface area contributed by atoms with E-state index in [0.29, 0.717) is 24.0 Å². The second kappa shape index (κ2) is 5.12. The van der Waals surface area contributed by atoms with Crippen LogP contribution in [0.5, 0.6) is 5.75 Å². The fourth-order valence-corrected chi connectivity index (χ4v) is 4.20. The second-order valence-electron chi connectivity index (χ2n) is 6.43. The third kappa shape index (κ3) is 2.05. The smallest absolute Gasteiger partial charge is 0.293 e. The Bertz CT molecular complexity index is 638. The van der Waals surface area contributed by atoms with E-state index in [0.717, 1.165) is 25.9 Å². The van der Waals surface area contributed by atoms with Crippen molar-refractivity contribution >= 4 is 5.91 Å². The zero-order valence-electron chi connectivity index (χ0n) is 12.6. The van der Waals surface area contributed by atoms with Crippen LogP contribution in [0.15, 0.2) is 23.1 Å². The van der Waals surface area contributed by atoms with Gasteiger partial charge in [0.05, 0.1) is 19.3 Å². The minimum Gasteiger partial charge on any atom is -0.491 e. The maximum Gasteiger partial charge on any atom is 0.293 e. The van der Waals surface area contributed by atoms with E-state index in [-0.39, 0.29) is 23.8 Å². The van der Waals surface area contributed by atoms with Gasteiger partial charge in [0.15, 0.2) is 5.75 Å². The van der Waals surface area contributed by atoms with Crippen molar-refractivity contribution in [3.8, 4) is 5.75 Å². The molecule has 0 unspecified atom stereocenters. The third-order valence-electron chi connectivity index (χ3n) is 5.32. The van der Waals surface area contributed by atoms with Crippen molar-refractivity contribution < 1.29 is 14.3 Å². The first-order valence-electron chi connectivity index (χ1n) is 7.84. The van der Waals surface area contributed by atoms with Gasteiger partial charge in [-0.25, -0.2) is 0 Å². The maximum atomic E-state index is 12.5. The molecular formula is C16H20N2O4. The molecule has 1 aromatic heterocycles. The van der Waals surface area contributed by atoms with Crippen LogP contribution in [-0.2, 0) is 16.1 Å². The molecule has 3 aliphatic rings. The van der Waals surface area contributed by atoms with Crippen LogP contribution in [0.25, 0.3) is 0 Å². The number of amides is 1. The molecule has 0 spiro atoms. The first-order chi connectivity index (χ1) is 10.7. The molecule has 1 amide bonds. The molecule has 2 bridgehead atoms. The molecule has 0 N–H and O–H groups in total. The Morgan fingerprint density at radius 1 is 1.32 bits per heavy atom. The summed E-state index contributed by atoms with van der Waals surface area (Å²) in [5, 5.41) is 0. The Balaban J connectivity index is 1.47. The van der Waals surface area contributed by atoms with Gasteiger partial charge in [-0.1, -0.05) is 0 Å². The van der Waals surface area contributed by atoms with Gasteiger partial charge in [-0.2, -0.15) is 0 Å². The van der Waals surface area contributed by atoms with Gasteiger partial charge >= 0.3 is 0 Å². The van der Waals surface area contributed by atoms with Gasteiger partial charge in [0, 0.05) is 31.1 Å². The Morgan fingerprint density at radius 2 is 2.00 bits per heavy atom. The molecule has 4 heterocycles. The summed E-state index contributed by atoms with van der Waals surface area (Å²) in [6.07, 6.45) is 4.57. The number of fused-ring (bicyclic) bond motifs is 5. The van der Waals surface area contributed by atoms with Crippen molar-refractivity contribution in [1.82, 2.24) is 9.47 Å². The van der Waals surface area contributed by atoms with Gasteiger partial charge in [0.2, 0.25) is 5.91 Å². The normalized spacial score (nSPS) is 32.3. The highest BCUT2D eigenvalue weighted by molar-refractivity contribution is 5.76. The lowest BCUT2D eigenvalue weighted by atomic mass is 9.82. The highest BCUT2D eigenvalue weighted by atomic mass is 16.5. The number of ether oxygens (including phenoxy) is 2. The number of carbonyl (C=O) groups excluding carboxylic acids is 1. The fraction of sp³-hybridized carbons (Fsp3) is 0.625. The summed E-state index contributed by atoms with van der Waals surface area (Å²) in [5.41, 5.74) is -0.263. The molecular weight excluding hydrogens is 284 g/mol. The van der Waals surface area contributed by atoms with Crippen LogP contribution in [0.3, 0.4) is 0 Å². The summed E-state index contributed by atoms with van der Waals surface area (Å²) < 4.78 is 12.4. The molecule has 3 fully saturated rings. The monoisotopic (exact) mass is 304 g/mol. The van der Waals surface area contributed by atoms with Crippen LogP contribution in [0.1, 0.15) is 12.8 Å². The summed E-state index contributed by atoms with van der Waals surface area (Å²) in [5.74, 6) is 1.25. The Hall–Kier alpha value is -1.82. The summed E-state index contributed by atoms with van der Waals surface area (Å²) in [4.78, 5) is 26.5. The zero-order valence-corrected chi connectivity index (χ0v) is 12.6. The number of hydrogen-bond donors (Lipinski definition) is 0. The van der Waals surface area contributed by atoms with Crippen LogP contribution in [-0.4, -0.2) is 47.8 Å². The van der Waals surface area contributed by atoms with Crippen molar-refractivity contribution in [2.24, 2.45) is 11.8 Å². The number of rotatable bonds is 3. The highest BCUT2D eigenvalue weighted by Crippen LogP contribution is 2.47. The molecule has 4 atom stereocenters. The average Bonchev–Trinajstić information content (AvgIpc) is 3.21. The number of likely N-dealkylation sites (tertiary alicyclic amines) is 1. The van der Waals surface area contributed by atoms with E-state index in [2.05, 4.69) is 0 Å². The first kappa shape index (κ1) is 13.8.